The summed E-state index contributed by atoms with van der Waals surface area (Å²) in [5, 5.41) is 4.68. The van der Waals surface area contributed by atoms with Crippen molar-refractivity contribution in [3.8, 4) is 11.5 Å². The van der Waals surface area contributed by atoms with Crippen LogP contribution in [0, 0.1) is 0 Å². The Hall–Kier alpha value is -3.33. The van der Waals surface area contributed by atoms with Crippen molar-refractivity contribution in [1.29, 1.82) is 0 Å². The van der Waals surface area contributed by atoms with E-state index in [1.165, 1.54) is 0 Å². The fourth-order valence-electron chi connectivity index (χ4n) is 3.71. The van der Waals surface area contributed by atoms with Gasteiger partial charge in [-0.25, -0.2) is 4.79 Å². The van der Waals surface area contributed by atoms with E-state index in [-0.39, 0.29) is 25.7 Å². The van der Waals surface area contributed by atoms with Crippen LogP contribution in [0.25, 0.3) is 0 Å². The first-order valence-corrected chi connectivity index (χ1v) is 10.7. The summed E-state index contributed by atoms with van der Waals surface area (Å²) in [7, 11) is 0. The van der Waals surface area contributed by atoms with Gasteiger partial charge in [-0.2, -0.15) is 0 Å². The predicted octanol–water partition coefficient (Wildman–Crippen LogP) is 2.54. The summed E-state index contributed by atoms with van der Waals surface area (Å²) < 4.78 is 10.7. The summed E-state index contributed by atoms with van der Waals surface area (Å²) in [6.45, 7) is 5.94. The Kier molecular flexibility index (Phi) is 5.69. The van der Waals surface area contributed by atoms with Gasteiger partial charge in [0.05, 0.1) is 6.54 Å². The maximum absolute atomic E-state index is 13.1. The molecule has 0 saturated carbocycles. The number of fused-ring (bicyclic) bond motifs is 1. The molecule has 2 aromatic rings. The number of benzene rings is 1. The molecular formula is C22H23N3O5S. The molecule has 4 rings (SSSR count). The minimum atomic E-state index is -1.15. The fourth-order valence-corrected chi connectivity index (χ4v) is 4.43. The van der Waals surface area contributed by atoms with Crippen molar-refractivity contribution in [2.24, 2.45) is 0 Å². The number of imide groups is 1. The first kappa shape index (κ1) is 20.9. The van der Waals surface area contributed by atoms with Crippen molar-refractivity contribution in [3.05, 3.63) is 58.8 Å². The molecule has 1 fully saturated rings. The summed E-state index contributed by atoms with van der Waals surface area (Å²) in [6, 6.07) is 8.68. The monoisotopic (exact) mass is 441 g/mol. The Morgan fingerprint density at radius 2 is 2.13 bits per heavy atom. The summed E-state index contributed by atoms with van der Waals surface area (Å²) in [6.07, 6.45) is 1.89. The second-order valence-corrected chi connectivity index (χ2v) is 8.69. The zero-order valence-electron chi connectivity index (χ0n) is 17.1. The Labute approximate surface area is 184 Å². The van der Waals surface area contributed by atoms with Gasteiger partial charge in [0.1, 0.15) is 12.1 Å². The highest BCUT2D eigenvalue weighted by molar-refractivity contribution is 7.09. The van der Waals surface area contributed by atoms with E-state index in [2.05, 4.69) is 11.9 Å². The average molecular weight is 442 g/mol. The summed E-state index contributed by atoms with van der Waals surface area (Å²) in [4.78, 5) is 42.1. The molecule has 0 aliphatic carbocycles. The van der Waals surface area contributed by atoms with E-state index < -0.39 is 17.5 Å². The average Bonchev–Trinajstić information content (AvgIpc) is 3.45. The molecular weight excluding hydrogens is 418 g/mol. The van der Waals surface area contributed by atoms with Crippen LogP contribution < -0.4 is 14.8 Å². The van der Waals surface area contributed by atoms with Crippen LogP contribution in [0.5, 0.6) is 11.5 Å². The van der Waals surface area contributed by atoms with Gasteiger partial charge in [0.2, 0.25) is 12.7 Å². The van der Waals surface area contributed by atoms with Crippen molar-refractivity contribution in [3.63, 3.8) is 0 Å². The highest BCUT2D eigenvalue weighted by atomic mass is 32.1. The number of amides is 4. The van der Waals surface area contributed by atoms with Gasteiger partial charge in [-0.3, -0.25) is 14.5 Å². The van der Waals surface area contributed by atoms with E-state index in [1.54, 1.807) is 41.4 Å². The number of ether oxygens (including phenoxy) is 2. The second-order valence-electron chi connectivity index (χ2n) is 7.66. The summed E-state index contributed by atoms with van der Waals surface area (Å²) >= 11 is 1.54. The SMILES string of the molecule is C=CCN(Cc1cccs1)C(=O)CN1C(=O)NC(C)(Cc2ccc3c(c2)OCO3)C1=O. The van der Waals surface area contributed by atoms with Crippen LogP contribution in [-0.2, 0) is 22.6 Å². The zero-order chi connectivity index (χ0) is 22.0. The lowest BCUT2D eigenvalue weighted by molar-refractivity contribution is -0.138. The molecule has 2 aliphatic heterocycles. The molecule has 4 amide bonds. The number of nitrogens with zero attached hydrogens (tertiary/aromatic N) is 2. The van der Waals surface area contributed by atoms with Crippen LogP contribution in [-0.4, -0.2) is 53.1 Å². The number of hydrogen-bond acceptors (Lipinski definition) is 6. The molecule has 2 aliphatic rings. The summed E-state index contributed by atoms with van der Waals surface area (Å²) in [5.74, 6) is 0.511. The Balaban J connectivity index is 1.45. The number of thiophene rings is 1. The molecule has 0 spiro atoms. The first-order chi connectivity index (χ1) is 14.9. The van der Waals surface area contributed by atoms with E-state index in [0.717, 1.165) is 15.3 Å². The van der Waals surface area contributed by atoms with E-state index in [0.29, 0.717) is 24.6 Å². The topological polar surface area (TPSA) is 88.2 Å². The zero-order valence-corrected chi connectivity index (χ0v) is 17.9. The number of urea groups is 1. The van der Waals surface area contributed by atoms with E-state index in [9.17, 15) is 14.4 Å². The lowest BCUT2D eigenvalue weighted by Gasteiger charge is -2.24. The molecule has 1 atom stereocenters. The van der Waals surface area contributed by atoms with Crippen LogP contribution in [0.15, 0.2) is 48.4 Å². The van der Waals surface area contributed by atoms with Crippen molar-refractivity contribution >= 4 is 29.2 Å². The van der Waals surface area contributed by atoms with Gasteiger partial charge in [0, 0.05) is 17.8 Å². The van der Waals surface area contributed by atoms with Crippen LogP contribution in [0.3, 0.4) is 0 Å². The quantitative estimate of drug-likeness (QED) is 0.502. The van der Waals surface area contributed by atoms with Crippen LogP contribution in [0.4, 0.5) is 4.79 Å². The smallest absolute Gasteiger partial charge is 0.325 e. The number of hydrogen-bond donors (Lipinski definition) is 1. The summed E-state index contributed by atoms with van der Waals surface area (Å²) in [5.41, 5.74) is -0.332. The van der Waals surface area contributed by atoms with Gasteiger partial charge < -0.3 is 19.7 Å². The second kappa shape index (κ2) is 8.43. The minimum Gasteiger partial charge on any atom is -0.454 e. The predicted molar refractivity (Wildman–Crippen MR) is 115 cm³/mol. The Morgan fingerprint density at radius 3 is 2.87 bits per heavy atom. The molecule has 8 nitrogen and oxygen atoms in total. The normalized spacial score (nSPS) is 19.5. The van der Waals surface area contributed by atoms with Gasteiger partial charge >= 0.3 is 6.03 Å². The fraction of sp³-hybridized carbons (Fsp3) is 0.318. The van der Waals surface area contributed by atoms with Crippen molar-refractivity contribution in [2.75, 3.05) is 19.9 Å². The van der Waals surface area contributed by atoms with E-state index in [4.69, 9.17) is 9.47 Å². The van der Waals surface area contributed by atoms with Gasteiger partial charge in [0.25, 0.3) is 5.91 Å². The maximum atomic E-state index is 13.1. The number of carbonyl (C=O) groups excluding carboxylic acids is 3. The van der Waals surface area contributed by atoms with Crippen LogP contribution in [0.2, 0.25) is 0 Å². The molecule has 1 saturated heterocycles. The molecule has 1 aromatic heterocycles. The molecule has 31 heavy (non-hydrogen) atoms. The van der Waals surface area contributed by atoms with Gasteiger partial charge in [-0.15, -0.1) is 17.9 Å². The lowest BCUT2D eigenvalue weighted by Crippen LogP contribution is -2.47. The first-order valence-electron chi connectivity index (χ1n) is 9.83. The van der Waals surface area contributed by atoms with E-state index in [1.807, 2.05) is 23.6 Å². The third-order valence-electron chi connectivity index (χ3n) is 5.26. The Morgan fingerprint density at radius 1 is 1.32 bits per heavy atom. The number of rotatable bonds is 8. The van der Waals surface area contributed by atoms with Gasteiger partial charge in [0.15, 0.2) is 11.5 Å². The molecule has 3 heterocycles. The van der Waals surface area contributed by atoms with E-state index >= 15 is 0 Å². The Bertz CT molecular complexity index is 1020. The highest BCUT2D eigenvalue weighted by Crippen LogP contribution is 2.34. The molecule has 162 valence electrons. The van der Waals surface area contributed by atoms with Gasteiger partial charge in [-0.1, -0.05) is 18.2 Å². The molecule has 1 aromatic carbocycles. The van der Waals surface area contributed by atoms with Crippen molar-refractivity contribution < 1.29 is 23.9 Å². The van der Waals surface area contributed by atoms with Crippen molar-refractivity contribution in [2.45, 2.75) is 25.4 Å². The largest absolute Gasteiger partial charge is 0.454 e. The maximum Gasteiger partial charge on any atom is 0.325 e. The molecule has 0 radical (unpaired) electrons. The van der Waals surface area contributed by atoms with Crippen LogP contribution >= 0.6 is 11.3 Å². The molecule has 1 unspecified atom stereocenters. The standard InChI is InChI=1S/C22H23N3O5S/c1-3-8-24(12-16-5-4-9-31-16)19(26)13-25-20(27)22(2,23-21(25)28)11-15-6-7-17-18(10-15)30-14-29-17/h3-7,9-10H,1,8,11-14H2,2H3,(H,23,28). The molecule has 9 heteroatoms. The van der Waals surface area contributed by atoms with Crippen LogP contribution in [0.1, 0.15) is 17.4 Å². The number of carbonyl (C=O) groups is 3. The van der Waals surface area contributed by atoms with Gasteiger partial charge in [-0.05, 0) is 36.1 Å². The highest BCUT2D eigenvalue weighted by Gasteiger charge is 2.48. The third kappa shape index (κ3) is 4.27. The molecule has 1 N–H and O–H groups in total. The minimum absolute atomic E-state index is 0.161. The molecule has 0 bridgehead atoms. The number of nitrogens with one attached hydrogen (secondary N) is 1. The lowest BCUT2D eigenvalue weighted by atomic mass is 9.92. The third-order valence-corrected chi connectivity index (χ3v) is 6.12. The van der Waals surface area contributed by atoms with Crippen molar-refractivity contribution in [1.82, 2.24) is 15.1 Å².